The highest BCUT2D eigenvalue weighted by Gasteiger charge is 2.18. The SMILES string of the molecule is CC(C)(CCO)NCC(O)COc1ccc(Cl)c(Cl)c1. The van der Waals surface area contributed by atoms with Gasteiger partial charge >= 0.3 is 0 Å². The summed E-state index contributed by atoms with van der Waals surface area (Å²) in [6.07, 6.45) is -0.0321. The number of nitrogens with one attached hydrogen (secondary N) is 1. The number of ether oxygens (including phenoxy) is 1. The van der Waals surface area contributed by atoms with Gasteiger partial charge in [0.2, 0.25) is 0 Å². The zero-order chi connectivity index (χ0) is 15.2. The van der Waals surface area contributed by atoms with Gasteiger partial charge in [-0.1, -0.05) is 23.2 Å². The molecule has 3 N–H and O–H groups in total. The Bertz CT molecular complexity index is 427. The van der Waals surface area contributed by atoms with Gasteiger partial charge in [-0.2, -0.15) is 0 Å². The lowest BCUT2D eigenvalue weighted by atomic mass is 10.0. The molecule has 0 bridgehead atoms. The van der Waals surface area contributed by atoms with Crippen molar-refractivity contribution >= 4 is 23.2 Å². The van der Waals surface area contributed by atoms with Crippen LogP contribution in [0.25, 0.3) is 0 Å². The molecule has 6 heteroatoms. The minimum absolute atomic E-state index is 0.107. The van der Waals surface area contributed by atoms with E-state index in [9.17, 15) is 5.11 Å². The average Bonchev–Trinajstić information content (AvgIpc) is 2.38. The first-order valence-corrected chi connectivity index (χ1v) is 7.21. The largest absolute Gasteiger partial charge is 0.491 e. The molecule has 0 saturated heterocycles. The molecule has 1 aromatic carbocycles. The molecule has 1 unspecified atom stereocenters. The van der Waals surface area contributed by atoms with Gasteiger partial charge in [0.1, 0.15) is 18.5 Å². The molecular weight excluding hydrogens is 301 g/mol. The molecule has 1 atom stereocenters. The highest BCUT2D eigenvalue weighted by atomic mass is 35.5. The third-order valence-electron chi connectivity index (χ3n) is 2.89. The van der Waals surface area contributed by atoms with Gasteiger partial charge in [0.25, 0.3) is 0 Å². The van der Waals surface area contributed by atoms with Gasteiger partial charge in [-0.25, -0.2) is 0 Å². The predicted octanol–water partition coefficient (Wildman–Crippen LogP) is 2.48. The summed E-state index contributed by atoms with van der Waals surface area (Å²) in [5.41, 5.74) is -0.223. The van der Waals surface area contributed by atoms with Crippen molar-refractivity contribution in [2.45, 2.75) is 31.9 Å². The standard InChI is InChI=1S/C14H21Cl2NO3/c1-14(2,5-6-18)17-8-10(19)9-20-11-3-4-12(15)13(16)7-11/h3-4,7,10,17-19H,5-6,8-9H2,1-2H3. The van der Waals surface area contributed by atoms with Gasteiger partial charge in [0.15, 0.2) is 0 Å². The number of hydrogen-bond acceptors (Lipinski definition) is 4. The maximum Gasteiger partial charge on any atom is 0.121 e. The topological polar surface area (TPSA) is 61.7 Å². The smallest absolute Gasteiger partial charge is 0.121 e. The van der Waals surface area contributed by atoms with Crippen LogP contribution in [0.2, 0.25) is 10.0 Å². The highest BCUT2D eigenvalue weighted by molar-refractivity contribution is 6.42. The highest BCUT2D eigenvalue weighted by Crippen LogP contribution is 2.26. The Morgan fingerprint density at radius 2 is 2.00 bits per heavy atom. The van der Waals surface area contributed by atoms with Crippen molar-refractivity contribution in [1.29, 1.82) is 0 Å². The number of aliphatic hydroxyl groups is 2. The van der Waals surface area contributed by atoms with E-state index in [0.717, 1.165) is 0 Å². The fourth-order valence-electron chi connectivity index (χ4n) is 1.58. The molecular formula is C14H21Cl2NO3. The van der Waals surface area contributed by atoms with E-state index in [1.54, 1.807) is 18.2 Å². The maximum absolute atomic E-state index is 9.86. The summed E-state index contributed by atoms with van der Waals surface area (Å²) in [4.78, 5) is 0. The second-order valence-electron chi connectivity index (χ2n) is 5.28. The van der Waals surface area contributed by atoms with Crippen molar-refractivity contribution in [2.24, 2.45) is 0 Å². The molecule has 0 saturated carbocycles. The Balaban J connectivity index is 2.36. The van der Waals surface area contributed by atoms with Crippen molar-refractivity contribution in [3.05, 3.63) is 28.2 Å². The Morgan fingerprint density at radius 3 is 2.60 bits per heavy atom. The fourth-order valence-corrected chi connectivity index (χ4v) is 1.87. The lowest BCUT2D eigenvalue weighted by Gasteiger charge is -2.27. The monoisotopic (exact) mass is 321 g/mol. The molecule has 1 aromatic rings. The molecule has 0 aliphatic rings. The van der Waals surface area contributed by atoms with E-state index >= 15 is 0 Å². The third kappa shape index (κ3) is 6.29. The molecule has 0 aliphatic carbocycles. The van der Waals surface area contributed by atoms with Crippen molar-refractivity contribution in [2.75, 3.05) is 19.8 Å². The third-order valence-corrected chi connectivity index (χ3v) is 3.63. The van der Waals surface area contributed by atoms with E-state index in [1.807, 2.05) is 13.8 Å². The van der Waals surface area contributed by atoms with E-state index in [2.05, 4.69) is 5.32 Å². The predicted molar refractivity (Wildman–Crippen MR) is 81.7 cm³/mol. The number of hydrogen-bond donors (Lipinski definition) is 3. The zero-order valence-corrected chi connectivity index (χ0v) is 13.2. The summed E-state index contributed by atoms with van der Waals surface area (Å²) >= 11 is 11.7. The van der Waals surface area contributed by atoms with Gasteiger partial charge in [0, 0.05) is 24.8 Å². The molecule has 4 nitrogen and oxygen atoms in total. The molecule has 0 radical (unpaired) electrons. The zero-order valence-electron chi connectivity index (χ0n) is 11.7. The lowest BCUT2D eigenvalue weighted by molar-refractivity contribution is 0.0960. The summed E-state index contributed by atoms with van der Waals surface area (Å²) in [6.45, 7) is 4.58. The van der Waals surface area contributed by atoms with Gasteiger partial charge in [-0.3, -0.25) is 0 Å². The first-order chi connectivity index (χ1) is 9.34. The molecule has 1 rings (SSSR count). The molecule has 0 aliphatic heterocycles. The lowest BCUT2D eigenvalue weighted by Crippen LogP contribution is -2.45. The summed E-state index contributed by atoms with van der Waals surface area (Å²) in [7, 11) is 0. The van der Waals surface area contributed by atoms with Crippen LogP contribution in [-0.4, -0.2) is 41.6 Å². The van der Waals surface area contributed by atoms with Crippen LogP contribution in [0.4, 0.5) is 0 Å². The minimum Gasteiger partial charge on any atom is -0.491 e. The van der Waals surface area contributed by atoms with Crippen LogP contribution in [0.3, 0.4) is 0 Å². The van der Waals surface area contributed by atoms with Crippen LogP contribution in [0.15, 0.2) is 18.2 Å². The quantitative estimate of drug-likeness (QED) is 0.688. The van der Waals surface area contributed by atoms with Crippen molar-refractivity contribution in [3.63, 3.8) is 0 Å². The van der Waals surface area contributed by atoms with Crippen LogP contribution in [0.1, 0.15) is 20.3 Å². The number of aliphatic hydroxyl groups excluding tert-OH is 2. The van der Waals surface area contributed by atoms with E-state index < -0.39 is 6.10 Å². The van der Waals surface area contributed by atoms with Crippen molar-refractivity contribution < 1.29 is 14.9 Å². The molecule has 0 fully saturated rings. The van der Waals surface area contributed by atoms with Crippen molar-refractivity contribution in [1.82, 2.24) is 5.32 Å². The minimum atomic E-state index is -0.651. The van der Waals surface area contributed by atoms with Gasteiger partial charge < -0.3 is 20.3 Å². The second kappa shape index (κ2) is 8.05. The van der Waals surface area contributed by atoms with E-state index in [1.165, 1.54) is 0 Å². The normalized spacial score (nSPS) is 13.3. The number of halogens is 2. The van der Waals surface area contributed by atoms with Gasteiger partial charge in [-0.05, 0) is 32.4 Å². The summed E-state index contributed by atoms with van der Waals surface area (Å²) in [5.74, 6) is 0.563. The maximum atomic E-state index is 9.86. The Morgan fingerprint density at radius 1 is 1.30 bits per heavy atom. The van der Waals surface area contributed by atoms with Crippen LogP contribution >= 0.6 is 23.2 Å². The van der Waals surface area contributed by atoms with Gasteiger partial charge in [-0.15, -0.1) is 0 Å². The first-order valence-electron chi connectivity index (χ1n) is 6.46. The fraction of sp³-hybridized carbons (Fsp3) is 0.571. The molecule has 20 heavy (non-hydrogen) atoms. The van der Waals surface area contributed by atoms with Gasteiger partial charge in [0.05, 0.1) is 10.0 Å². The summed E-state index contributed by atoms with van der Waals surface area (Å²) in [6, 6.07) is 4.96. The Kier molecular flexibility index (Phi) is 7.06. The van der Waals surface area contributed by atoms with Crippen LogP contribution in [0.5, 0.6) is 5.75 Å². The average molecular weight is 322 g/mol. The number of β-amino-alcohol motifs (C(OH)–C–C–N with tert-alkyl or cyclic N) is 1. The second-order valence-corrected chi connectivity index (χ2v) is 6.09. The first kappa shape index (κ1) is 17.5. The van der Waals surface area contributed by atoms with Crippen LogP contribution in [-0.2, 0) is 0 Å². The Labute approximate surface area is 129 Å². The van der Waals surface area contributed by atoms with E-state index in [4.69, 9.17) is 33.0 Å². The van der Waals surface area contributed by atoms with Crippen molar-refractivity contribution in [3.8, 4) is 5.75 Å². The molecule has 0 aromatic heterocycles. The molecule has 114 valence electrons. The molecule has 0 amide bonds. The van der Waals surface area contributed by atoms with Crippen LogP contribution in [0, 0.1) is 0 Å². The van der Waals surface area contributed by atoms with Crippen LogP contribution < -0.4 is 10.1 Å². The molecule has 0 heterocycles. The summed E-state index contributed by atoms with van der Waals surface area (Å²) in [5, 5.41) is 22.8. The molecule has 0 spiro atoms. The summed E-state index contributed by atoms with van der Waals surface area (Å²) < 4.78 is 5.45. The van der Waals surface area contributed by atoms with E-state index in [0.29, 0.717) is 28.8 Å². The number of benzene rings is 1. The number of rotatable bonds is 8. The van der Waals surface area contributed by atoms with E-state index in [-0.39, 0.29) is 18.8 Å². The Hall–Kier alpha value is -0.520.